The van der Waals surface area contributed by atoms with Crippen molar-refractivity contribution in [3.8, 4) is 0 Å². The number of amides is 1. The second-order valence-corrected chi connectivity index (χ2v) is 28.8. The van der Waals surface area contributed by atoms with E-state index in [1.54, 1.807) is 6.08 Å². The minimum atomic E-state index is -4.37. The van der Waals surface area contributed by atoms with Crippen LogP contribution in [0.5, 0.6) is 0 Å². The van der Waals surface area contributed by atoms with Crippen molar-refractivity contribution in [1.29, 1.82) is 0 Å². The monoisotopic (exact) mass is 1330 g/mol. The molecule has 1 amide bonds. The number of unbranched alkanes of at least 4 members (excludes halogenated alkanes) is 36. The lowest BCUT2D eigenvalue weighted by atomic mass is 10.0. The SMILES string of the molecule is CC/C=C\C/C=C\C/C=C\C/C=C\C/C=C\C/C=C\C/C=C\C/C=C\C/C=C\C/C=C\C/C=C\CCCCCCCCCC(=O)NC(COP(=O)(O)OCC[N+](C)(C)C)C(O)/C=C/CCCCCCCCCCCCCCCCCCCCCCCCCCCCCCC. The van der Waals surface area contributed by atoms with Gasteiger partial charge < -0.3 is 19.8 Å². The normalized spacial score (nSPS) is 14.3. The second kappa shape index (κ2) is 73.6. The van der Waals surface area contributed by atoms with E-state index >= 15 is 0 Å². The molecular weight excluding hydrogens is 1180 g/mol. The molecule has 94 heavy (non-hydrogen) atoms. The first-order valence-electron chi connectivity index (χ1n) is 39.2. The molecule has 8 nitrogen and oxygen atoms in total. The zero-order chi connectivity index (χ0) is 68.3. The van der Waals surface area contributed by atoms with E-state index in [2.05, 4.69) is 153 Å². The molecule has 0 aromatic carbocycles. The Morgan fingerprint density at radius 1 is 0.372 bits per heavy atom. The van der Waals surface area contributed by atoms with E-state index < -0.39 is 20.0 Å². The van der Waals surface area contributed by atoms with Gasteiger partial charge in [-0.1, -0.05) is 372 Å². The van der Waals surface area contributed by atoms with Gasteiger partial charge in [0.15, 0.2) is 0 Å². The summed E-state index contributed by atoms with van der Waals surface area (Å²) in [6.07, 6.45) is 113. The molecule has 3 N–H and O–H groups in total. The lowest BCUT2D eigenvalue weighted by Crippen LogP contribution is -2.45. The van der Waals surface area contributed by atoms with Gasteiger partial charge in [0.25, 0.3) is 0 Å². The third-order valence-electron chi connectivity index (χ3n) is 17.1. The molecule has 0 aliphatic rings. The maximum Gasteiger partial charge on any atom is 0.472 e. The summed E-state index contributed by atoms with van der Waals surface area (Å²) in [5.74, 6) is -0.190. The number of allylic oxidation sites excluding steroid dienone is 23. The van der Waals surface area contributed by atoms with Crippen LogP contribution in [0.25, 0.3) is 0 Å². The number of nitrogens with one attached hydrogen (secondary N) is 1. The lowest BCUT2D eigenvalue weighted by Gasteiger charge is -2.25. The van der Waals surface area contributed by atoms with Crippen molar-refractivity contribution in [2.45, 2.75) is 347 Å². The topological polar surface area (TPSA) is 105 Å². The first-order chi connectivity index (χ1) is 46.0. The summed E-state index contributed by atoms with van der Waals surface area (Å²) in [4.78, 5) is 23.5. The standard InChI is InChI=1S/C85H149N2O6P/c1-6-8-10-12-14-16-18-20-22-24-26-28-30-32-34-36-38-39-40-41-42-43-44-45-46-47-49-51-53-55-57-59-61-63-65-67-69-71-73-75-77-79-85(89)86-83(82-93-94(90,91)92-81-80-87(3,4)5)84(88)78-76-74-72-70-68-66-64-62-60-58-56-54-52-50-48-37-35-33-31-29-27-25-23-21-19-17-15-13-11-9-7-2/h8,10,14,16,20,22,26,28,32,34,38-39,41-42,44-45,47,49,53,55,59,61,76,78,83-84,88H,6-7,9,11-13,15,17-19,21,23-25,27,29-31,33,35-37,40,43,46,48,50-52,54,56-58,60,62-75,77,79-82H2,1-5H3,(H-,86,89,90,91)/p+1/b10-8-,16-14-,22-20-,28-26-,34-32-,39-38-,42-41-,45-44-,49-47-,55-53-,61-59-,78-76+. The number of quaternary nitrogens is 1. The van der Waals surface area contributed by atoms with Crippen LogP contribution in [0.1, 0.15) is 335 Å². The van der Waals surface area contributed by atoms with Crippen LogP contribution in [0, 0.1) is 0 Å². The van der Waals surface area contributed by atoms with Gasteiger partial charge in [0.1, 0.15) is 13.2 Å². The van der Waals surface area contributed by atoms with Crippen molar-refractivity contribution < 1.29 is 32.9 Å². The number of rotatable bonds is 71. The van der Waals surface area contributed by atoms with E-state index in [1.165, 1.54) is 193 Å². The largest absolute Gasteiger partial charge is 0.472 e. The maximum absolute atomic E-state index is 13.1. The number of nitrogens with zero attached hydrogens (tertiary/aromatic N) is 1. The quantitative estimate of drug-likeness (QED) is 0.0243. The van der Waals surface area contributed by atoms with Crippen LogP contribution in [0.15, 0.2) is 146 Å². The number of hydrogen-bond donors (Lipinski definition) is 3. The minimum absolute atomic E-state index is 0.0528. The summed E-state index contributed by atoms with van der Waals surface area (Å²) in [5, 5.41) is 14.0. The minimum Gasteiger partial charge on any atom is -0.387 e. The van der Waals surface area contributed by atoms with E-state index in [1.807, 2.05) is 27.2 Å². The molecule has 3 atom stereocenters. The predicted octanol–water partition coefficient (Wildman–Crippen LogP) is 25.9. The summed E-state index contributed by atoms with van der Waals surface area (Å²) in [7, 11) is 1.56. The summed E-state index contributed by atoms with van der Waals surface area (Å²) in [6, 6.07) is -0.865. The third-order valence-corrected chi connectivity index (χ3v) is 18.0. The number of aliphatic hydroxyl groups is 1. The molecule has 0 saturated carbocycles. The smallest absolute Gasteiger partial charge is 0.387 e. The highest BCUT2D eigenvalue weighted by molar-refractivity contribution is 7.47. The van der Waals surface area contributed by atoms with Gasteiger partial charge in [-0.25, -0.2) is 4.57 Å². The van der Waals surface area contributed by atoms with E-state index in [-0.39, 0.29) is 19.1 Å². The summed E-state index contributed by atoms with van der Waals surface area (Å²) in [5.41, 5.74) is 0. The van der Waals surface area contributed by atoms with Crippen LogP contribution >= 0.6 is 7.82 Å². The van der Waals surface area contributed by atoms with Gasteiger partial charge in [0, 0.05) is 6.42 Å². The first kappa shape index (κ1) is 90.4. The molecular formula is C85H150N2O6P+. The zero-order valence-electron chi connectivity index (χ0n) is 61.9. The van der Waals surface area contributed by atoms with Crippen molar-refractivity contribution in [2.75, 3.05) is 40.9 Å². The number of phosphoric ester groups is 1. The molecule has 0 radical (unpaired) electrons. The fourth-order valence-corrected chi connectivity index (χ4v) is 11.8. The second-order valence-electron chi connectivity index (χ2n) is 27.4. The molecule has 0 fully saturated rings. The first-order valence-corrected chi connectivity index (χ1v) is 40.7. The van der Waals surface area contributed by atoms with Crippen LogP contribution in [0.3, 0.4) is 0 Å². The van der Waals surface area contributed by atoms with Crippen LogP contribution in [0.4, 0.5) is 0 Å². The molecule has 9 heteroatoms. The molecule has 0 aliphatic carbocycles. The number of hydrogen-bond acceptors (Lipinski definition) is 5. The number of carbonyl (C=O) groups is 1. The van der Waals surface area contributed by atoms with E-state index in [4.69, 9.17) is 9.05 Å². The summed E-state index contributed by atoms with van der Waals surface area (Å²) >= 11 is 0. The Morgan fingerprint density at radius 2 is 0.638 bits per heavy atom. The zero-order valence-corrected chi connectivity index (χ0v) is 62.8. The van der Waals surface area contributed by atoms with Crippen molar-refractivity contribution >= 4 is 13.7 Å². The third kappa shape index (κ3) is 75.8. The van der Waals surface area contributed by atoms with Gasteiger partial charge >= 0.3 is 7.82 Å². The molecule has 0 heterocycles. The average Bonchev–Trinajstić information content (AvgIpc) is 1.77. The Labute approximate surface area is 582 Å². The highest BCUT2D eigenvalue weighted by Gasteiger charge is 2.28. The highest BCUT2D eigenvalue weighted by atomic mass is 31.2. The Kier molecular flexibility index (Phi) is 70.8. The number of carbonyl (C=O) groups excluding carboxylic acids is 1. The fourth-order valence-electron chi connectivity index (χ4n) is 11.1. The Bertz CT molecular complexity index is 2050. The Hall–Kier alpha value is -3.62. The predicted molar refractivity (Wildman–Crippen MR) is 414 cm³/mol. The van der Waals surface area contributed by atoms with Crippen molar-refractivity contribution in [2.24, 2.45) is 0 Å². The number of aliphatic hydroxyl groups excluding tert-OH is 1. The number of likely N-dealkylation sites (N-methyl/N-ethyl adjacent to an activating group) is 1. The summed E-state index contributed by atoms with van der Waals surface area (Å²) < 4.78 is 23.9. The molecule has 0 aromatic rings. The van der Waals surface area contributed by atoms with E-state index in [0.29, 0.717) is 17.4 Å². The lowest BCUT2D eigenvalue weighted by molar-refractivity contribution is -0.870. The van der Waals surface area contributed by atoms with Crippen LogP contribution in [-0.2, 0) is 18.4 Å². The highest BCUT2D eigenvalue weighted by Crippen LogP contribution is 2.43. The molecule has 0 aliphatic heterocycles. The van der Waals surface area contributed by atoms with Crippen molar-refractivity contribution in [3.05, 3.63) is 146 Å². The molecule has 0 rings (SSSR count). The maximum atomic E-state index is 13.1. The molecule has 0 bridgehead atoms. The van der Waals surface area contributed by atoms with Gasteiger partial charge in [0.2, 0.25) is 5.91 Å². The molecule has 3 unspecified atom stereocenters. The van der Waals surface area contributed by atoms with E-state index in [9.17, 15) is 19.4 Å². The average molecular weight is 1330 g/mol. The van der Waals surface area contributed by atoms with Gasteiger partial charge in [-0.15, -0.1) is 0 Å². The molecule has 0 aromatic heterocycles. The van der Waals surface area contributed by atoms with Gasteiger partial charge in [-0.05, 0) is 103 Å². The van der Waals surface area contributed by atoms with E-state index in [0.717, 1.165) is 122 Å². The Morgan fingerprint density at radius 3 is 0.936 bits per heavy atom. The molecule has 0 spiro atoms. The molecule has 540 valence electrons. The fraction of sp³-hybridized carbons (Fsp3) is 0.706. The van der Waals surface area contributed by atoms with Crippen LogP contribution in [0.2, 0.25) is 0 Å². The van der Waals surface area contributed by atoms with Crippen molar-refractivity contribution in [1.82, 2.24) is 5.32 Å². The summed E-state index contributed by atoms with van der Waals surface area (Å²) in [6.45, 7) is 4.72. The van der Waals surface area contributed by atoms with Gasteiger partial charge in [-0.2, -0.15) is 0 Å². The number of phosphoric acid groups is 1. The van der Waals surface area contributed by atoms with Crippen molar-refractivity contribution in [3.63, 3.8) is 0 Å². The van der Waals surface area contributed by atoms with Gasteiger partial charge in [-0.3, -0.25) is 13.8 Å². The van der Waals surface area contributed by atoms with Crippen LogP contribution < -0.4 is 5.32 Å². The van der Waals surface area contributed by atoms with Crippen LogP contribution in [-0.4, -0.2) is 73.4 Å². The Balaban J connectivity index is 4.11. The van der Waals surface area contributed by atoms with Gasteiger partial charge in [0.05, 0.1) is 39.9 Å². The molecule has 0 saturated heterocycles.